The third kappa shape index (κ3) is 4.29. The van der Waals surface area contributed by atoms with Crippen LogP contribution in [0.15, 0.2) is 47.1 Å². The van der Waals surface area contributed by atoms with Gasteiger partial charge in [-0.25, -0.2) is 0 Å². The van der Waals surface area contributed by atoms with Crippen molar-refractivity contribution in [3.63, 3.8) is 0 Å². The van der Waals surface area contributed by atoms with Gasteiger partial charge in [0.15, 0.2) is 0 Å². The average Bonchev–Trinajstić information content (AvgIpc) is 2.95. The van der Waals surface area contributed by atoms with E-state index in [2.05, 4.69) is 5.32 Å². The molecule has 5 heteroatoms. The van der Waals surface area contributed by atoms with Gasteiger partial charge >= 0.3 is 0 Å². The Balaban J connectivity index is 1.79. The van der Waals surface area contributed by atoms with Crippen LogP contribution >= 0.6 is 0 Å². The molecule has 1 aromatic carbocycles. The Kier molecular flexibility index (Phi) is 5.53. The summed E-state index contributed by atoms with van der Waals surface area (Å²) in [4.78, 5) is 26.9. The molecule has 1 saturated heterocycles. The molecule has 2 heterocycles. The number of carbonyl (C=O) groups is 2. The molecule has 2 amide bonds. The van der Waals surface area contributed by atoms with Crippen molar-refractivity contribution in [1.29, 1.82) is 0 Å². The quantitative estimate of drug-likeness (QED) is 0.906. The molecule has 0 saturated carbocycles. The molecule has 3 rings (SSSR count). The third-order valence-corrected chi connectivity index (χ3v) is 4.69. The minimum absolute atomic E-state index is 0.173. The normalized spacial score (nSPS) is 16.4. The van der Waals surface area contributed by atoms with Gasteiger partial charge in [0.25, 0.3) is 5.91 Å². The van der Waals surface area contributed by atoms with Crippen LogP contribution in [0.4, 0.5) is 0 Å². The highest BCUT2D eigenvalue weighted by atomic mass is 16.3. The molecule has 25 heavy (non-hydrogen) atoms. The van der Waals surface area contributed by atoms with Gasteiger partial charge in [0.1, 0.15) is 5.76 Å². The van der Waals surface area contributed by atoms with Gasteiger partial charge in [0.2, 0.25) is 5.91 Å². The lowest BCUT2D eigenvalue weighted by atomic mass is 10.1. The van der Waals surface area contributed by atoms with Crippen LogP contribution in [0, 0.1) is 6.92 Å². The molecule has 1 aliphatic heterocycles. The maximum Gasteiger partial charge on any atom is 0.255 e. The Bertz CT molecular complexity index is 724. The summed E-state index contributed by atoms with van der Waals surface area (Å²) in [7, 11) is 0. The number of likely N-dealkylation sites (tertiary alicyclic amines) is 1. The zero-order chi connectivity index (χ0) is 17.6. The van der Waals surface area contributed by atoms with E-state index in [0.717, 1.165) is 31.4 Å². The first-order valence-electron chi connectivity index (χ1n) is 8.83. The highest BCUT2D eigenvalue weighted by Crippen LogP contribution is 2.19. The molecule has 0 aliphatic carbocycles. The lowest BCUT2D eigenvalue weighted by molar-refractivity contribution is -0.131. The first kappa shape index (κ1) is 17.3. The molecular weight excluding hydrogens is 316 g/mol. The van der Waals surface area contributed by atoms with Gasteiger partial charge in [-0.3, -0.25) is 9.59 Å². The molecule has 0 bridgehead atoms. The zero-order valence-corrected chi connectivity index (χ0v) is 14.5. The smallest absolute Gasteiger partial charge is 0.255 e. The molecule has 132 valence electrons. The highest BCUT2D eigenvalue weighted by molar-refractivity contribution is 5.95. The number of amides is 2. The van der Waals surface area contributed by atoms with Crippen molar-refractivity contribution >= 4 is 11.8 Å². The summed E-state index contributed by atoms with van der Waals surface area (Å²) >= 11 is 0. The second-order valence-electron chi connectivity index (χ2n) is 6.48. The SMILES string of the molecule is Cc1occc1C(=O)N[C@H](CN1CCCCCC1=O)c1ccccc1. The highest BCUT2D eigenvalue weighted by Gasteiger charge is 2.24. The number of nitrogens with zero attached hydrogens (tertiary/aromatic N) is 1. The molecule has 0 spiro atoms. The Morgan fingerprint density at radius 3 is 2.72 bits per heavy atom. The fourth-order valence-corrected chi connectivity index (χ4v) is 3.23. The van der Waals surface area contributed by atoms with Gasteiger partial charge in [0.05, 0.1) is 17.9 Å². The predicted molar refractivity (Wildman–Crippen MR) is 95.1 cm³/mol. The maximum absolute atomic E-state index is 12.6. The zero-order valence-electron chi connectivity index (χ0n) is 14.5. The van der Waals surface area contributed by atoms with Crippen molar-refractivity contribution in [2.24, 2.45) is 0 Å². The second-order valence-corrected chi connectivity index (χ2v) is 6.48. The monoisotopic (exact) mass is 340 g/mol. The molecule has 1 atom stereocenters. The van der Waals surface area contributed by atoms with Crippen LogP contribution in [-0.2, 0) is 4.79 Å². The number of nitrogens with one attached hydrogen (secondary N) is 1. The lowest BCUT2D eigenvalue weighted by Crippen LogP contribution is -2.40. The Morgan fingerprint density at radius 1 is 1.20 bits per heavy atom. The number of hydrogen-bond acceptors (Lipinski definition) is 3. The van der Waals surface area contributed by atoms with Gasteiger partial charge in [-0.2, -0.15) is 0 Å². The van der Waals surface area contributed by atoms with E-state index in [-0.39, 0.29) is 17.9 Å². The van der Waals surface area contributed by atoms with Crippen LogP contribution in [0.5, 0.6) is 0 Å². The molecular formula is C20H24N2O3. The van der Waals surface area contributed by atoms with Crippen LogP contribution in [0.25, 0.3) is 0 Å². The van der Waals surface area contributed by atoms with Crippen LogP contribution < -0.4 is 5.32 Å². The molecule has 5 nitrogen and oxygen atoms in total. The number of rotatable bonds is 5. The van der Waals surface area contributed by atoms with Gasteiger partial charge in [-0.05, 0) is 31.4 Å². The number of benzene rings is 1. The molecule has 0 radical (unpaired) electrons. The van der Waals surface area contributed by atoms with E-state index in [1.165, 1.54) is 6.26 Å². The minimum atomic E-state index is -0.245. The lowest BCUT2D eigenvalue weighted by Gasteiger charge is -2.27. The molecule has 2 aromatic rings. The van der Waals surface area contributed by atoms with Crippen LogP contribution in [0.1, 0.15) is 53.4 Å². The van der Waals surface area contributed by atoms with Crippen molar-refractivity contribution in [1.82, 2.24) is 10.2 Å². The molecule has 1 aromatic heterocycles. The summed E-state index contributed by atoms with van der Waals surface area (Å²) in [6.45, 7) is 3.01. The minimum Gasteiger partial charge on any atom is -0.469 e. The van der Waals surface area contributed by atoms with Gasteiger partial charge in [0, 0.05) is 19.5 Å². The van der Waals surface area contributed by atoms with Crippen LogP contribution in [0.2, 0.25) is 0 Å². The molecule has 1 fully saturated rings. The van der Waals surface area contributed by atoms with Crippen molar-refractivity contribution in [3.05, 3.63) is 59.5 Å². The maximum atomic E-state index is 12.6. The van der Waals surface area contributed by atoms with E-state index in [9.17, 15) is 9.59 Å². The van der Waals surface area contributed by atoms with Crippen molar-refractivity contribution in [2.45, 2.75) is 38.6 Å². The molecule has 1 aliphatic rings. The van der Waals surface area contributed by atoms with Gasteiger partial charge < -0.3 is 14.6 Å². The summed E-state index contributed by atoms with van der Waals surface area (Å²) in [5.41, 5.74) is 1.53. The predicted octanol–water partition coefficient (Wildman–Crippen LogP) is 3.46. The first-order chi connectivity index (χ1) is 12.1. The van der Waals surface area contributed by atoms with Gasteiger partial charge in [-0.1, -0.05) is 36.8 Å². The van der Waals surface area contributed by atoms with E-state index in [4.69, 9.17) is 4.42 Å². The first-order valence-corrected chi connectivity index (χ1v) is 8.83. The number of aryl methyl sites for hydroxylation is 1. The summed E-state index contributed by atoms with van der Waals surface area (Å²) in [5.74, 6) is 0.588. The summed E-state index contributed by atoms with van der Waals surface area (Å²) in [6, 6.07) is 11.2. The fourth-order valence-electron chi connectivity index (χ4n) is 3.23. The van der Waals surface area contributed by atoms with E-state index >= 15 is 0 Å². The van der Waals surface area contributed by atoms with Crippen LogP contribution in [-0.4, -0.2) is 29.8 Å². The summed E-state index contributed by atoms with van der Waals surface area (Å²) in [6.07, 6.45) is 5.16. The van der Waals surface area contributed by atoms with Crippen LogP contribution in [0.3, 0.4) is 0 Å². The van der Waals surface area contributed by atoms with E-state index in [1.54, 1.807) is 13.0 Å². The number of hydrogen-bond donors (Lipinski definition) is 1. The van der Waals surface area contributed by atoms with Crippen molar-refractivity contribution < 1.29 is 14.0 Å². The second kappa shape index (κ2) is 8.01. The molecule has 0 unspecified atom stereocenters. The number of furan rings is 1. The van der Waals surface area contributed by atoms with E-state index in [0.29, 0.717) is 24.3 Å². The van der Waals surface area contributed by atoms with E-state index in [1.807, 2.05) is 35.2 Å². The topological polar surface area (TPSA) is 62.6 Å². The fraction of sp³-hybridized carbons (Fsp3) is 0.400. The Labute approximate surface area is 148 Å². The summed E-state index contributed by atoms with van der Waals surface area (Å²) in [5, 5.41) is 3.07. The van der Waals surface area contributed by atoms with Crippen molar-refractivity contribution in [3.8, 4) is 0 Å². The Morgan fingerprint density at radius 2 is 2.00 bits per heavy atom. The summed E-state index contributed by atoms with van der Waals surface area (Å²) < 4.78 is 5.23. The average molecular weight is 340 g/mol. The number of carbonyl (C=O) groups excluding carboxylic acids is 2. The van der Waals surface area contributed by atoms with E-state index < -0.39 is 0 Å². The largest absolute Gasteiger partial charge is 0.469 e. The Hall–Kier alpha value is -2.56. The standard InChI is InChI=1S/C20H24N2O3/c1-15-17(11-13-25-15)20(24)21-18(16-8-4-2-5-9-16)14-22-12-7-3-6-10-19(22)23/h2,4-5,8-9,11,13,18H,3,6-7,10,12,14H2,1H3,(H,21,24)/t18-/m1/s1. The van der Waals surface area contributed by atoms with Gasteiger partial charge in [-0.15, -0.1) is 0 Å². The molecule has 1 N–H and O–H groups in total. The van der Waals surface area contributed by atoms with Crippen molar-refractivity contribution in [2.75, 3.05) is 13.1 Å². The third-order valence-electron chi connectivity index (χ3n) is 4.69.